The minimum absolute atomic E-state index is 0.301. The molecule has 1 heterocycles. The molecule has 0 amide bonds. The van der Waals surface area contributed by atoms with Crippen LogP contribution < -0.4 is 9.47 Å². The number of aryl methyl sites for hydroxylation is 2. The first-order chi connectivity index (χ1) is 11.5. The minimum Gasteiger partial charge on any atom is -0.496 e. The van der Waals surface area contributed by atoms with Gasteiger partial charge in [0.2, 0.25) is 0 Å². The van der Waals surface area contributed by atoms with Crippen molar-refractivity contribution < 1.29 is 14.2 Å². The van der Waals surface area contributed by atoms with Crippen LogP contribution in [0.3, 0.4) is 0 Å². The number of methoxy groups -OCH3 is 2. The highest BCUT2D eigenvalue weighted by Crippen LogP contribution is 2.62. The summed E-state index contributed by atoms with van der Waals surface area (Å²) in [6.45, 7) is 4.36. The van der Waals surface area contributed by atoms with Crippen LogP contribution in [-0.4, -0.2) is 14.2 Å². The molecule has 2 aromatic rings. The largest absolute Gasteiger partial charge is 0.496 e. The van der Waals surface area contributed by atoms with Gasteiger partial charge in [-0.25, -0.2) is 0 Å². The number of epoxide rings is 1. The number of benzene rings is 2. The molecule has 1 fully saturated rings. The van der Waals surface area contributed by atoms with Gasteiger partial charge in [0.25, 0.3) is 0 Å². The van der Waals surface area contributed by atoms with E-state index in [9.17, 15) is 0 Å². The lowest BCUT2D eigenvalue weighted by Crippen LogP contribution is -2.16. The van der Waals surface area contributed by atoms with Gasteiger partial charge in [-0.05, 0) is 79.6 Å². The Kier molecular flexibility index (Phi) is 3.40. The molecule has 0 saturated carbocycles. The molecule has 126 valence electrons. The van der Waals surface area contributed by atoms with Gasteiger partial charge in [-0.15, -0.1) is 0 Å². The molecule has 1 aliphatic carbocycles. The van der Waals surface area contributed by atoms with Crippen molar-refractivity contribution in [3.05, 3.63) is 58.7 Å². The van der Waals surface area contributed by atoms with Crippen molar-refractivity contribution in [2.75, 3.05) is 14.2 Å². The Morgan fingerprint density at radius 2 is 1.25 bits per heavy atom. The molecule has 0 spiro atoms. The fourth-order valence-corrected chi connectivity index (χ4v) is 4.06. The number of ether oxygens (including phenoxy) is 3. The monoisotopic (exact) mass is 324 g/mol. The van der Waals surface area contributed by atoms with Gasteiger partial charge in [0.15, 0.2) is 0 Å². The van der Waals surface area contributed by atoms with Crippen LogP contribution in [0, 0.1) is 0 Å². The summed E-state index contributed by atoms with van der Waals surface area (Å²) < 4.78 is 17.4. The Morgan fingerprint density at radius 1 is 0.792 bits per heavy atom. The first kappa shape index (κ1) is 15.5. The van der Waals surface area contributed by atoms with Crippen LogP contribution in [0.15, 0.2) is 36.4 Å². The van der Waals surface area contributed by atoms with Gasteiger partial charge >= 0.3 is 0 Å². The van der Waals surface area contributed by atoms with Crippen LogP contribution >= 0.6 is 0 Å². The second-order valence-corrected chi connectivity index (χ2v) is 7.08. The highest BCUT2D eigenvalue weighted by molar-refractivity contribution is 5.48. The van der Waals surface area contributed by atoms with Crippen LogP contribution in [0.1, 0.15) is 42.5 Å². The van der Waals surface area contributed by atoms with E-state index in [4.69, 9.17) is 14.2 Å². The van der Waals surface area contributed by atoms with Crippen molar-refractivity contribution >= 4 is 0 Å². The van der Waals surface area contributed by atoms with Crippen molar-refractivity contribution in [1.82, 2.24) is 0 Å². The highest BCUT2D eigenvalue weighted by Gasteiger charge is 2.65. The molecule has 2 atom stereocenters. The predicted octanol–water partition coefficient (Wildman–Crippen LogP) is 4.35. The fourth-order valence-electron chi connectivity index (χ4n) is 4.06. The summed E-state index contributed by atoms with van der Waals surface area (Å²) in [5, 5.41) is 0. The van der Waals surface area contributed by atoms with E-state index in [2.05, 4.69) is 50.2 Å². The average Bonchev–Trinajstić information content (AvgIpc) is 3.18. The third-order valence-electron chi connectivity index (χ3n) is 5.83. The van der Waals surface area contributed by atoms with E-state index in [1.807, 2.05) is 0 Å². The Hall–Kier alpha value is -2.00. The van der Waals surface area contributed by atoms with Crippen LogP contribution in [0.25, 0.3) is 0 Å². The van der Waals surface area contributed by atoms with Crippen molar-refractivity contribution in [3.8, 4) is 11.5 Å². The maximum Gasteiger partial charge on any atom is 0.124 e. The summed E-state index contributed by atoms with van der Waals surface area (Å²) in [4.78, 5) is 0. The molecule has 0 aromatic heterocycles. The fraction of sp³-hybridized carbons (Fsp3) is 0.429. The minimum atomic E-state index is -0.301. The molecular weight excluding hydrogens is 300 g/mol. The molecule has 1 saturated heterocycles. The molecule has 0 N–H and O–H groups in total. The van der Waals surface area contributed by atoms with E-state index >= 15 is 0 Å². The molecule has 1 aliphatic heterocycles. The van der Waals surface area contributed by atoms with Crippen LogP contribution in [-0.2, 0) is 28.8 Å². The van der Waals surface area contributed by atoms with Gasteiger partial charge in [-0.2, -0.15) is 0 Å². The van der Waals surface area contributed by atoms with Gasteiger partial charge in [-0.1, -0.05) is 12.1 Å². The number of fused-ring (bicyclic) bond motifs is 7. The Morgan fingerprint density at radius 3 is 1.67 bits per heavy atom. The van der Waals surface area contributed by atoms with Gasteiger partial charge in [-0.3, -0.25) is 0 Å². The Bertz CT molecular complexity index is 732. The van der Waals surface area contributed by atoms with Gasteiger partial charge < -0.3 is 14.2 Å². The van der Waals surface area contributed by atoms with E-state index in [0.717, 1.165) is 30.8 Å². The van der Waals surface area contributed by atoms with Crippen LogP contribution in [0.5, 0.6) is 11.5 Å². The summed E-state index contributed by atoms with van der Waals surface area (Å²) in [6, 6.07) is 12.9. The SMILES string of the molecule is COc1ccc2cc1CCCc1cc(ccc1OC)C1(C)OC21C. The van der Waals surface area contributed by atoms with E-state index in [1.165, 1.54) is 22.3 Å². The number of hydrogen-bond acceptors (Lipinski definition) is 3. The standard InChI is InChI=1S/C21H24O3/c1-20-16-8-10-18(22-3)14(12-16)6-5-7-15-13-17(21(20,2)24-20)9-11-19(15)23-4/h8-13H,5-7H2,1-4H3. The summed E-state index contributed by atoms with van der Waals surface area (Å²) in [7, 11) is 3.48. The first-order valence-corrected chi connectivity index (χ1v) is 8.57. The lowest BCUT2D eigenvalue weighted by Gasteiger charge is -2.16. The summed E-state index contributed by atoms with van der Waals surface area (Å²) in [5.41, 5.74) is 4.35. The summed E-state index contributed by atoms with van der Waals surface area (Å²) >= 11 is 0. The molecule has 3 heteroatoms. The topological polar surface area (TPSA) is 31.0 Å². The molecule has 2 aromatic carbocycles. The van der Waals surface area contributed by atoms with Crippen LogP contribution in [0.2, 0.25) is 0 Å². The molecule has 24 heavy (non-hydrogen) atoms. The van der Waals surface area contributed by atoms with Gasteiger partial charge in [0, 0.05) is 0 Å². The second-order valence-electron chi connectivity index (χ2n) is 7.08. The lowest BCUT2D eigenvalue weighted by atomic mass is 9.83. The van der Waals surface area contributed by atoms with E-state index in [0.29, 0.717) is 0 Å². The second kappa shape index (κ2) is 5.25. The zero-order chi connectivity index (χ0) is 16.9. The maximum atomic E-state index is 6.31. The van der Waals surface area contributed by atoms with Crippen LogP contribution in [0.4, 0.5) is 0 Å². The van der Waals surface area contributed by atoms with Gasteiger partial charge in [0.1, 0.15) is 22.7 Å². The predicted molar refractivity (Wildman–Crippen MR) is 93.8 cm³/mol. The quantitative estimate of drug-likeness (QED) is 0.769. The van der Waals surface area contributed by atoms with Crippen molar-refractivity contribution in [2.45, 2.75) is 44.3 Å². The molecule has 0 radical (unpaired) electrons. The zero-order valence-electron chi connectivity index (χ0n) is 14.8. The molecular formula is C21H24O3. The van der Waals surface area contributed by atoms with Crippen molar-refractivity contribution in [2.24, 2.45) is 0 Å². The smallest absolute Gasteiger partial charge is 0.124 e. The Balaban J connectivity index is 1.86. The molecule has 2 aliphatic rings. The first-order valence-electron chi connectivity index (χ1n) is 8.57. The molecule has 4 rings (SSSR count). The van der Waals surface area contributed by atoms with Crippen molar-refractivity contribution in [1.29, 1.82) is 0 Å². The highest BCUT2D eigenvalue weighted by atomic mass is 16.6. The van der Waals surface area contributed by atoms with E-state index in [1.54, 1.807) is 14.2 Å². The lowest BCUT2D eigenvalue weighted by molar-refractivity contribution is 0.280. The number of hydrogen-bond donors (Lipinski definition) is 0. The maximum absolute atomic E-state index is 6.31. The molecule has 3 nitrogen and oxygen atoms in total. The van der Waals surface area contributed by atoms with Gasteiger partial charge in [0.05, 0.1) is 14.2 Å². The average molecular weight is 324 g/mol. The number of rotatable bonds is 2. The third kappa shape index (κ3) is 2.07. The molecule has 4 bridgehead atoms. The summed E-state index contributed by atoms with van der Waals surface area (Å²) in [6.07, 6.45) is 3.03. The van der Waals surface area contributed by atoms with E-state index < -0.39 is 0 Å². The molecule has 2 unspecified atom stereocenters. The Labute approximate surface area is 143 Å². The van der Waals surface area contributed by atoms with E-state index in [-0.39, 0.29) is 11.2 Å². The zero-order valence-corrected chi connectivity index (χ0v) is 14.8. The normalized spacial score (nSPS) is 27.7. The summed E-state index contributed by atoms with van der Waals surface area (Å²) in [5.74, 6) is 1.92. The third-order valence-corrected chi connectivity index (χ3v) is 5.83. The van der Waals surface area contributed by atoms with Crippen molar-refractivity contribution in [3.63, 3.8) is 0 Å².